The number of nitrogens with zero attached hydrogens (tertiary/aromatic N) is 3. The number of hydrogen-bond acceptors (Lipinski definition) is 5. The van der Waals surface area contributed by atoms with E-state index in [9.17, 15) is 36.6 Å². The minimum atomic E-state index is -5.21. The molecule has 2 aliphatic rings. The van der Waals surface area contributed by atoms with Crippen molar-refractivity contribution in [2.24, 2.45) is 12.8 Å². The molecule has 218 valence electrons. The number of aromatic nitrogens is 2. The van der Waals surface area contributed by atoms with Gasteiger partial charge in [-0.25, -0.2) is 8.78 Å². The molecule has 0 aliphatic carbocycles. The standard InChI is InChI=1S/C28H21ClF5N5O3/c1-38-9-11(10-38)24-16-8-14(20-15(25(35)40)5-13(31)7-18(20)28(32,33)34)22-21(23(16)37-39(24)2)26(41)36-27(22,42)17-6-12(30)3-4-19(17)29/h3-8,11,42H,9-10H2,1-2H3,(H2,35,40)(H,36,41). The highest BCUT2D eigenvalue weighted by atomic mass is 35.5. The van der Waals surface area contributed by atoms with Gasteiger partial charge in [0.1, 0.15) is 17.2 Å². The number of primary amides is 1. The summed E-state index contributed by atoms with van der Waals surface area (Å²) in [5, 5.41) is 18.9. The molecule has 4 N–H and O–H groups in total. The molecule has 0 bridgehead atoms. The molecular weight excluding hydrogens is 585 g/mol. The Bertz CT molecular complexity index is 1850. The van der Waals surface area contributed by atoms with E-state index in [0.29, 0.717) is 24.8 Å². The zero-order valence-corrected chi connectivity index (χ0v) is 22.7. The third-order valence-corrected chi connectivity index (χ3v) is 8.10. The van der Waals surface area contributed by atoms with Crippen molar-refractivity contribution >= 4 is 34.3 Å². The number of halogens is 6. The quantitative estimate of drug-likeness (QED) is 0.301. The molecule has 14 heteroatoms. The van der Waals surface area contributed by atoms with Crippen molar-refractivity contribution in [3.05, 3.63) is 86.6 Å². The number of aryl methyl sites for hydroxylation is 1. The van der Waals surface area contributed by atoms with E-state index in [1.165, 1.54) is 10.7 Å². The van der Waals surface area contributed by atoms with Crippen molar-refractivity contribution in [1.29, 1.82) is 0 Å². The van der Waals surface area contributed by atoms with Crippen molar-refractivity contribution < 1.29 is 36.6 Å². The van der Waals surface area contributed by atoms with Crippen molar-refractivity contribution in [2.45, 2.75) is 17.8 Å². The molecule has 2 aliphatic heterocycles. The van der Waals surface area contributed by atoms with E-state index >= 15 is 0 Å². The van der Waals surface area contributed by atoms with E-state index in [4.69, 9.17) is 17.3 Å². The minimum Gasteiger partial charge on any atom is -0.366 e. The number of hydrogen-bond donors (Lipinski definition) is 3. The fraction of sp³-hybridized carbons (Fsp3) is 0.250. The first-order valence-corrected chi connectivity index (χ1v) is 12.9. The van der Waals surface area contributed by atoms with Crippen LogP contribution >= 0.6 is 11.6 Å². The second-order valence-electron chi connectivity index (χ2n) is 10.5. The second kappa shape index (κ2) is 9.21. The Balaban J connectivity index is 1.82. The number of benzene rings is 3. The largest absolute Gasteiger partial charge is 0.417 e. The Kier molecular flexibility index (Phi) is 6.16. The summed E-state index contributed by atoms with van der Waals surface area (Å²) in [6, 6.07) is 4.93. The lowest BCUT2D eigenvalue weighted by Gasteiger charge is -2.36. The number of nitrogens with two attached hydrogens (primary N) is 1. The van der Waals surface area contributed by atoms with Crippen LogP contribution in [0.2, 0.25) is 5.02 Å². The van der Waals surface area contributed by atoms with E-state index in [2.05, 4.69) is 10.4 Å². The fourth-order valence-corrected chi connectivity index (χ4v) is 6.34. The third kappa shape index (κ3) is 4.06. The van der Waals surface area contributed by atoms with Crippen LogP contribution in [-0.2, 0) is 18.9 Å². The summed E-state index contributed by atoms with van der Waals surface area (Å²) in [4.78, 5) is 28.1. The average Bonchev–Trinajstić information content (AvgIpc) is 3.34. The van der Waals surface area contributed by atoms with Crippen LogP contribution in [0.15, 0.2) is 36.4 Å². The predicted octanol–water partition coefficient (Wildman–Crippen LogP) is 4.26. The number of likely N-dealkylation sites (tertiary alicyclic amines) is 1. The Hall–Kier alpha value is -4.07. The molecule has 1 atom stereocenters. The van der Waals surface area contributed by atoms with Crippen LogP contribution in [0.25, 0.3) is 22.0 Å². The van der Waals surface area contributed by atoms with Crippen LogP contribution in [0.3, 0.4) is 0 Å². The molecular formula is C28H21ClF5N5O3. The summed E-state index contributed by atoms with van der Waals surface area (Å²) in [7, 11) is 3.48. The van der Waals surface area contributed by atoms with Crippen molar-refractivity contribution in [3.63, 3.8) is 0 Å². The smallest absolute Gasteiger partial charge is 0.366 e. The van der Waals surface area contributed by atoms with Crippen LogP contribution in [0.1, 0.15) is 49.0 Å². The second-order valence-corrected chi connectivity index (χ2v) is 10.9. The van der Waals surface area contributed by atoms with E-state index in [1.54, 1.807) is 7.05 Å². The highest BCUT2D eigenvalue weighted by Gasteiger charge is 2.50. The molecule has 4 aromatic rings. The predicted molar refractivity (Wildman–Crippen MR) is 142 cm³/mol. The van der Waals surface area contributed by atoms with Crippen LogP contribution in [0.4, 0.5) is 22.0 Å². The number of amides is 2. The maximum atomic E-state index is 14.5. The van der Waals surface area contributed by atoms with E-state index < -0.39 is 63.2 Å². The number of rotatable bonds is 4. The molecule has 1 unspecified atom stereocenters. The van der Waals surface area contributed by atoms with Crippen molar-refractivity contribution in [1.82, 2.24) is 20.0 Å². The molecule has 0 saturated carbocycles. The van der Waals surface area contributed by atoms with Crippen molar-refractivity contribution in [3.8, 4) is 11.1 Å². The van der Waals surface area contributed by atoms with Crippen LogP contribution in [-0.4, -0.2) is 51.7 Å². The molecule has 6 rings (SSSR count). The normalized spacial score (nSPS) is 19.2. The van der Waals surface area contributed by atoms with Gasteiger partial charge in [-0.15, -0.1) is 0 Å². The minimum absolute atomic E-state index is 0.0537. The van der Waals surface area contributed by atoms with Gasteiger partial charge in [0.25, 0.3) is 5.91 Å². The highest BCUT2D eigenvalue weighted by Crippen LogP contribution is 2.50. The third-order valence-electron chi connectivity index (χ3n) is 7.77. The van der Waals surface area contributed by atoms with Gasteiger partial charge in [0.05, 0.1) is 22.4 Å². The zero-order valence-electron chi connectivity index (χ0n) is 21.9. The van der Waals surface area contributed by atoms with Crippen LogP contribution < -0.4 is 11.1 Å². The number of alkyl halides is 3. The fourth-order valence-electron chi connectivity index (χ4n) is 6.08. The Morgan fingerprint density at radius 2 is 1.81 bits per heavy atom. The van der Waals surface area contributed by atoms with Gasteiger partial charge in [0.15, 0.2) is 5.72 Å². The number of fused-ring (bicyclic) bond motifs is 3. The SMILES string of the molecule is CN1CC(c2c3cc(-c4c(C(N)=O)cc(F)cc4C(F)(F)F)c4c(c3nn2C)C(=O)NC4(O)c2cc(F)ccc2Cl)C1. The average molecular weight is 606 g/mol. The molecule has 1 saturated heterocycles. The lowest BCUT2D eigenvalue weighted by Crippen LogP contribution is -2.42. The molecule has 8 nitrogen and oxygen atoms in total. The monoisotopic (exact) mass is 605 g/mol. The van der Waals surface area contributed by atoms with Gasteiger partial charge in [0, 0.05) is 53.2 Å². The van der Waals surface area contributed by atoms with Gasteiger partial charge < -0.3 is 21.1 Å². The Morgan fingerprint density at radius 3 is 2.43 bits per heavy atom. The maximum Gasteiger partial charge on any atom is 0.417 e. The first kappa shape index (κ1) is 28.1. The topological polar surface area (TPSA) is 113 Å². The molecule has 3 heterocycles. The van der Waals surface area contributed by atoms with Gasteiger partial charge in [0.2, 0.25) is 5.91 Å². The van der Waals surface area contributed by atoms with Gasteiger partial charge in [-0.1, -0.05) is 11.6 Å². The number of carbonyl (C=O) groups excluding carboxylic acids is 2. The maximum absolute atomic E-state index is 14.5. The molecule has 2 amide bonds. The van der Waals surface area contributed by atoms with Crippen LogP contribution in [0, 0.1) is 11.6 Å². The van der Waals surface area contributed by atoms with Gasteiger partial charge >= 0.3 is 6.18 Å². The zero-order chi connectivity index (χ0) is 30.5. The number of carbonyl (C=O) groups is 2. The van der Waals surface area contributed by atoms with E-state index in [0.717, 1.165) is 18.2 Å². The summed E-state index contributed by atoms with van der Waals surface area (Å²) >= 11 is 6.31. The lowest BCUT2D eigenvalue weighted by atomic mass is 9.82. The number of aliphatic hydroxyl groups is 1. The number of likely N-dealkylation sites (N-methyl/N-ethyl adjacent to an activating group) is 1. The first-order valence-electron chi connectivity index (χ1n) is 12.6. The van der Waals surface area contributed by atoms with Gasteiger partial charge in [-0.2, -0.15) is 18.3 Å². The summed E-state index contributed by atoms with van der Waals surface area (Å²) in [6.07, 6.45) is -5.21. The molecule has 42 heavy (non-hydrogen) atoms. The highest BCUT2D eigenvalue weighted by molar-refractivity contribution is 6.31. The van der Waals surface area contributed by atoms with Crippen molar-refractivity contribution in [2.75, 3.05) is 20.1 Å². The molecule has 1 fully saturated rings. The van der Waals surface area contributed by atoms with E-state index in [-0.39, 0.29) is 39.0 Å². The molecule has 0 spiro atoms. The number of nitrogens with one attached hydrogen (secondary N) is 1. The Morgan fingerprint density at radius 1 is 1.12 bits per heavy atom. The molecule has 1 aromatic heterocycles. The van der Waals surface area contributed by atoms with Gasteiger partial charge in [-0.3, -0.25) is 14.3 Å². The summed E-state index contributed by atoms with van der Waals surface area (Å²) < 4.78 is 73.9. The van der Waals surface area contributed by atoms with Gasteiger partial charge in [-0.05, 0) is 49.0 Å². The Labute approximate surface area is 239 Å². The summed E-state index contributed by atoms with van der Waals surface area (Å²) in [5.74, 6) is -4.68. The first-order chi connectivity index (χ1) is 19.6. The summed E-state index contributed by atoms with van der Waals surface area (Å²) in [5.41, 5.74) is -1.48. The lowest BCUT2D eigenvalue weighted by molar-refractivity contribution is -0.137. The molecule has 3 aromatic carbocycles. The van der Waals surface area contributed by atoms with E-state index in [1.807, 2.05) is 11.9 Å². The molecule has 0 radical (unpaired) electrons. The van der Waals surface area contributed by atoms with Crippen LogP contribution in [0.5, 0.6) is 0 Å². The summed E-state index contributed by atoms with van der Waals surface area (Å²) in [6.45, 7) is 1.18.